The van der Waals surface area contributed by atoms with Crippen molar-refractivity contribution in [2.24, 2.45) is 0 Å². The fourth-order valence-electron chi connectivity index (χ4n) is 1.96. The molecule has 0 saturated heterocycles. The van der Waals surface area contributed by atoms with Crippen LogP contribution >= 0.6 is 0 Å². The average molecular weight is 267 g/mol. The third-order valence-electron chi connectivity index (χ3n) is 2.96. The van der Waals surface area contributed by atoms with E-state index in [1.54, 1.807) is 0 Å². The lowest BCUT2D eigenvalue weighted by molar-refractivity contribution is 0.364. The van der Waals surface area contributed by atoms with Crippen LogP contribution < -0.4 is 10.1 Å². The number of nitrogens with zero attached hydrogens (tertiary/aromatic N) is 2. The second-order valence-corrected chi connectivity index (χ2v) is 4.49. The Hall–Kier alpha value is -2.54. The summed E-state index contributed by atoms with van der Waals surface area (Å²) < 4.78 is 5.41. The van der Waals surface area contributed by atoms with Crippen LogP contribution in [0, 0.1) is 25.2 Å². The quantitative estimate of drug-likeness (QED) is 0.903. The molecule has 0 bridgehead atoms. The fourth-order valence-corrected chi connectivity index (χ4v) is 1.96. The van der Waals surface area contributed by atoms with Crippen molar-refractivity contribution in [2.45, 2.75) is 20.4 Å². The van der Waals surface area contributed by atoms with Gasteiger partial charge >= 0.3 is 0 Å². The van der Waals surface area contributed by atoms with Crippen molar-refractivity contribution in [3.05, 3.63) is 53.3 Å². The highest BCUT2D eigenvalue weighted by Crippen LogP contribution is 2.20. The molecule has 0 radical (unpaired) electrons. The summed E-state index contributed by atoms with van der Waals surface area (Å²) >= 11 is 0. The molecule has 0 aliphatic carbocycles. The van der Waals surface area contributed by atoms with Gasteiger partial charge in [-0.25, -0.2) is 0 Å². The molecule has 0 aliphatic rings. The Morgan fingerprint density at radius 3 is 2.75 bits per heavy atom. The highest BCUT2D eigenvalue weighted by atomic mass is 16.5. The van der Waals surface area contributed by atoms with Crippen LogP contribution in [0.25, 0.3) is 0 Å². The van der Waals surface area contributed by atoms with Gasteiger partial charge in [0.15, 0.2) is 6.61 Å². The standard InChI is InChI=1S/C16H17N3O/c1-12-7-8-15(13(2)19-12)18-11-14-5-3-4-6-16(14)20-10-9-17/h3-8,18H,10-11H2,1-2H3. The summed E-state index contributed by atoms with van der Waals surface area (Å²) in [5, 5.41) is 11.9. The number of hydrogen-bond donors (Lipinski definition) is 1. The predicted octanol–water partition coefficient (Wildman–Crippen LogP) is 3.21. The van der Waals surface area contributed by atoms with Gasteiger partial charge in [0.25, 0.3) is 0 Å². The molecule has 0 saturated carbocycles. The number of benzene rings is 1. The van der Waals surface area contributed by atoms with Crippen LogP contribution in [0.4, 0.5) is 5.69 Å². The van der Waals surface area contributed by atoms with E-state index in [0.29, 0.717) is 6.54 Å². The summed E-state index contributed by atoms with van der Waals surface area (Å²) in [4.78, 5) is 4.42. The number of aryl methyl sites for hydroxylation is 2. The second kappa shape index (κ2) is 6.58. The van der Waals surface area contributed by atoms with Crippen LogP contribution in [0.15, 0.2) is 36.4 Å². The summed E-state index contributed by atoms with van der Waals surface area (Å²) in [5.41, 5.74) is 4.00. The highest BCUT2D eigenvalue weighted by molar-refractivity contribution is 5.49. The topological polar surface area (TPSA) is 57.9 Å². The van der Waals surface area contributed by atoms with Gasteiger partial charge in [0.1, 0.15) is 11.8 Å². The number of aromatic nitrogens is 1. The van der Waals surface area contributed by atoms with Crippen LogP contribution in [0.1, 0.15) is 17.0 Å². The van der Waals surface area contributed by atoms with Crippen molar-refractivity contribution in [3.8, 4) is 11.8 Å². The molecule has 20 heavy (non-hydrogen) atoms. The first kappa shape index (κ1) is 13.9. The zero-order valence-electron chi connectivity index (χ0n) is 11.7. The zero-order chi connectivity index (χ0) is 14.4. The van der Waals surface area contributed by atoms with E-state index in [0.717, 1.165) is 28.4 Å². The molecule has 0 spiro atoms. The molecule has 1 aromatic heterocycles. The molecule has 4 heteroatoms. The molecule has 0 unspecified atom stereocenters. The van der Waals surface area contributed by atoms with Crippen molar-refractivity contribution >= 4 is 5.69 Å². The Labute approximate surface area is 119 Å². The predicted molar refractivity (Wildman–Crippen MR) is 78.6 cm³/mol. The molecule has 0 fully saturated rings. The van der Waals surface area contributed by atoms with E-state index in [1.807, 2.05) is 56.3 Å². The molecule has 1 N–H and O–H groups in total. The first-order valence-corrected chi connectivity index (χ1v) is 6.46. The minimum absolute atomic E-state index is 0.0577. The Bertz CT molecular complexity index is 632. The molecular weight excluding hydrogens is 250 g/mol. The van der Waals surface area contributed by atoms with Gasteiger partial charge in [-0.2, -0.15) is 5.26 Å². The van der Waals surface area contributed by atoms with Gasteiger partial charge in [-0.3, -0.25) is 4.98 Å². The summed E-state index contributed by atoms with van der Waals surface area (Å²) in [6, 6.07) is 13.7. The summed E-state index contributed by atoms with van der Waals surface area (Å²) in [5.74, 6) is 0.735. The van der Waals surface area contributed by atoms with Crippen molar-refractivity contribution in [1.29, 1.82) is 5.26 Å². The Morgan fingerprint density at radius 2 is 2.00 bits per heavy atom. The van der Waals surface area contributed by atoms with Crippen molar-refractivity contribution in [2.75, 3.05) is 11.9 Å². The van der Waals surface area contributed by atoms with E-state index in [1.165, 1.54) is 0 Å². The fraction of sp³-hybridized carbons (Fsp3) is 0.250. The largest absolute Gasteiger partial charge is 0.478 e. The maximum atomic E-state index is 8.59. The maximum absolute atomic E-state index is 8.59. The normalized spacial score (nSPS) is 9.85. The Balaban J connectivity index is 2.09. The Morgan fingerprint density at radius 1 is 1.20 bits per heavy atom. The lowest BCUT2D eigenvalue weighted by atomic mass is 10.2. The van der Waals surface area contributed by atoms with E-state index in [-0.39, 0.29) is 6.61 Å². The third kappa shape index (κ3) is 3.48. The van der Waals surface area contributed by atoms with Gasteiger partial charge in [-0.05, 0) is 32.0 Å². The molecule has 0 atom stereocenters. The lowest BCUT2D eigenvalue weighted by Gasteiger charge is -2.12. The molecule has 1 aromatic carbocycles. The zero-order valence-corrected chi connectivity index (χ0v) is 11.7. The van der Waals surface area contributed by atoms with Crippen LogP contribution in [0.2, 0.25) is 0 Å². The third-order valence-corrected chi connectivity index (χ3v) is 2.96. The smallest absolute Gasteiger partial charge is 0.174 e. The van der Waals surface area contributed by atoms with E-state index < -0.39 is 0 Å². The van der Waals surface area contributed by atoms with E-state index in [2.05, 4.69) is 10.3 Å². The molecular formula is C16H17N3O. The van der Waals surface area contributed by atoms with Gasteiger partial charge in [-0.15, -0.1) is 0 Å². The second-order valence-electron chi connectivity index (χ2n) is 4.49. The van der Waals surface area contributed by atoms with Gasteiger partial charge in [0.05, 0.1) is 11.4 Å². The summed E-state index contributed by atoms with van der Waals surface area (Å²) in [6.07, 6.45) is 0. The minimum Gasteiger partial charge on any atom is -0.478 e. The van der Waals surface area contributed by atoms with E-state index >= 15 is 0 Å². The highest BCUT2D eigenvalue weighted by Gasteiger charge is 2.04. The molecule has 1 heterocycles. The lowest BCUT2D eigenvalue weighted by Crippen LogP contribution is -2.05. The van der Waals surface area contributed by atoms with Gasteiger partial charge in [0.2, 0.25) is 0 Å². The molecule has 2 aromatic rings. The van der Waals surface area contributed by atoms with Crippen molar-refractivity contribution in [3.63, 3.8) is 0 Å². The summed E-state index contributed by atoms with van der Waals surface area (Å²) in [6.45, 7) is 4.64. The van der Waals surface area contributed by atoms with Crippen LogP contribution in [-0.4, -0.2) is 11.6 Å². The van der Waals surface area contributed by atoms with Crippen molar-refractivity contribution < 1.29 is 4.74 Å². The number of rotatable bonds is 5. The van der Waals surface area contributed by atoms with Crippen LogP contribution in [0.3, 0.4) is 0 Å². The number of para-hydroxylation sites is 1. The molecule has 0 aliphatic heterocycles. The number of pyridine rings is 1. The number of hydrogen-bond acceptors (Lipinski definition) is 4. The van der Waals surface area contributed by atoms with Gasteiger partial charge in [-0.1, -0.05) is 18.2 Å². The Kier molecular flexibility index (Phi) is 4.56. The van der Waals surface area contributed by atoms with E-state index in [9.17, 15) is 0 Å². The molecule has 102 valence electrons. The van der Waals surface area contributed by atoms with Crippen LogP contribution in [0.5, 0.6) is 5.75 Å². The average Bonchev–Trinajstić information content (AvgIpc) is 2.45. The summed E-state index contributed by atoms with van der Waals surface area (Å²) in [7, 11) is 0. The van der Waals surface area contributed by atoms with Crippen molar-refractivity contribution in [1.82, 2.24) is 4.98 Å². The number of anilines is 1. The first-order chi connectivity index (χ1) is 9.70. The number of nitriles is 1. The number of ether oxygens (including phenoxy) is 1. The maximum Gasteiger partial charge on any atom is 0.174 e. The van der Waals surface area contributed by atoms with Gasteiger partial charge < -0.3 is 10.1 Å². The van der Waals surface area contributed by atoms with E-state index in [4.69, 9.17) is 10.00 Å². The minimum atomic E-state index is 0.0577. The first-order valence-electron chi connectivity index (χ1n) is 6.46. The molecule has 4 nitrogen and oxygen atoms in total. The molecule has 2 rings (SSSR count). The van der Waals surface area contributed by atoms with Gasteiger partial charge in [0, 0.05) is 17.8 Å². The van der Waals surface area contributed by atoms with Crippen LogP contribution in [-0.2, 0) is 6.54 Å². The number of nitrogens with one attached hydrogen (secondary N) is 1. The SMILES string of the molecule is Cc1ccc(NCc2ccccc2OCC#N)c(C)n1. The monoisotopic (exact) mass is 267 g/mol. The molecule has 0 amide bonds.